The number of hydrogen-bond acceptors (Lipinski definition) is 6. The summed E-state index contributed by atoms with van der Waals surface area (Å²) in [5.41, 5.74) is 8.98. The second kappa shape index (κ2) is 12.3. The molecule has 0 aliphatic carbocycles. The molecule has 0 fully saturated rings. The quantitative estimate of drug-likeness (QED) is 0.235. The molecule has 200 valence electrons. The normalized spacial score (nSPS) is 14.2. The molecule has 9 nitrogen and oxygen atoms in total. The van der Waals surface area contributed by atoms with Crippen LogP contribution >= 0.6 is 11.6 Å². The number of carboxylic acid groups (broad SMARTS) is 1. The number of nitrogens with one attached hydrogen (secondary N) is 1. The zero-order chi connectivity index (χ0) is 27.9. The SMILES string of the molecule is N/C=C\N(N)c1ccc(Cl)cc1C1=CC(=O)N(C(Cc2ccccc2)C(=O)Nc2ccc(C(=O)O)cc2)CC1. The Balaban J connectivity index is 1.62. The Hall–Kier alpha value is -4.60. The monoisotopic (exact) mass is 545 g/mol. The minimum Gasteiger partial charge on any atom is -0.478 e. The molecule has 0 radical (unpaired) electrons. The number of amides is 2. The van der Waals surface area contributed by atoms with Gasteiger partial charge in [0, 0.05) is 47.7 Å². The fourth-order valence-corrected chi connectivity index (χ4v) is 4.62. The van der Waals surface area contributed by atoms with E-state index in [9.17, 15) is 14.4 Å². The van der Waals surface area contributed by atoms with E-state index in [4.69, 9.17) is 28.3 Å². The van der Waals surface area contributed by atoms with Gasteiger partial charge in [0.2, 0.25) is 11.8 Å². The van der Waals surface area contributed by atoms with Crippen molar-refractivity contribution in [3.05, 3.63) is 113 Å². The Bertz CT molecular complexity index is 1420. The van der Waals surface area contributed by atoms with Crippen LogP contribution < -0.4 is 21.9 Å². The van der Waals surface area contributed by atoms with Gasteiger partial charge in [0.25, 0.3) is 0 Å². The predicted molar refractivity (Wildman–Crippen MR) is 152 cm³/mol. The highest BCUT2D eigenvalue weighted by Crippen LogP contribution is 2.33. The average Bonchev–Trinajstić information content (AvgIpc) is 2.93. The van der Waals surface area contributed by atoms with Gasteiger partial charge in [0.05, 0.1) is 11.3 Å². The van der Waals surface area contributed by atoms with Gasteiger partial charge in [-0.2, -0.15) is 0 Å². The van der Waals surface area contributed by atoms with Gasteiger partial charge < -0.3 is 21.1 Å². The van der Waals surface area contributed by atoms with Crippen molar-refractivity contribution in [1.82, 2.24) is 4.90 Å². The van der Waals surface area contributed by atoms with Crippen molar-refractivity contribution >= 4 is 46.3 Å². The van der Waals surface area contributed by atoms with E-state index in [2.05, 4.69) is 5.32 Å². The first-order chi connectivity index (χ1) is 18.8. The van der Waals surface area contributed by atoms with Crippen LogP contribution in [-0.2, 0) is 16.0 Å². The van der Waals surface area contributed by atoms with Crippen LogP contribution in [0.2, 0.25) is 5.02 Å². The number of hydrazine groups is 1. The topological polar surface area (TPSA) is 142 Å². The molecule has 0 spiro atoms. The van der Waals surface area contributed by atoms with Crippen LogP contribution in [-0.4, -0.2) is 40.4 Å². The van der Waals surface area contributed by atoms with E-state index in [1.165, 1.54) is 47.8 Å². The second-order valence-corrected chi connectivity index (χ2v) is 9.38. The van der Waals surface area contributed by atoms with E-state index >= 15 is 0 Å². The van der Waals surface area contributed by atoms with Crippen molar-refractivity contribution < 1.29 is 19.5 Å². The lowest BCUT2D eigenvalue weighted by Gasteiger charge is -2.34. The summed E-state index contributed by atoms with van der Waals surface area (Å²) in [5, 5.41) is 13.8. The van der Waals surface area contributed by atoms with Gasteiger partial charge in [-0.25, -0.2) is 10.6 Å². The number of carbonyl (C=O) groups is 3. The number of hydrogen-bond donors (Lipinski definition) is 4. The van der Waals surface area contributed by atoms with Crippen molar-refractivity contribution in [2.75, 3.05) is 16.9 Å². The van der Waals surface area contributed by atoms with E-state index in [0.717, 1.165) is 11.1 Å². The van der Waals surface area contributed by atoms with Crippen molar-refractivity contribution in [1.29, 1.82) is 0 Å². The highest BCUT2D eigenvalue weighted by molar-refractivity contribution is 6.31. The highest BCUT2D eigenvalue weighted by Gasteiger charge is 2.32. The Morgan fingerprint density at radius 3 is 2.46 bits per heavy atom. The predicted octanol–water partition coefficient (Wildman–Crippen LogP) is 4.01. The van der Waals surface area contributed by atoms with Crippen LogP contribution in [0.15, 0.2) is 91.3 Å². The molecule has 0 aromatic heterocycles. The molecule has 1 aliphatic rings. The molecule has 0 saturated carbocycles. The maximum Gasteiger partial charge on any atom is 0.335 e. The summed E-state index contributed by atoms with van der Waals surface area (Å²) in [4.78, 5) is 39.7. The number of rotatable bonds is 9. The Morgan fingerprint density at radius 1 is 1.10 bits per heavy atom. The number of nitrogens with two attached hydrogens (primary N) is 2. The van der Waals surface area contributed by atoms with Crippen molar-refractivity contribution in [2.24, 2.45) is 11.6 Å². The standard InChI is InChI=1S/C29H28ClN5O4/c30-22-8-11-25(35(32)15-13-31)24(18-22)21-12-14-34(27(36)17-21)26(16-19-4-2-1-3-5-19)28(37)33-23-9-6-20(7-10-23)29(38)39/h1-11,13,15,17-18,26H,12,14,16,31-32H2,(H,33,37)(H,38,39)/b15-13-. The molecular weight excluding hydrogens is 518 g/mol. The zero-order valence-corrected chi connectivity index (χ0v) is 21.7. The third-order valence-electron chi connectivity index (χ3n) is 6.38. The number of anilines is 2. The first kappa shape index (κ1) is 27.4. The van der Waals surface area contributed by atoms with Crippen LogP contribution in [0.5, 0.6) is 0 Å². The zero-order valence-electron chi connectivity index (χ0n) is 21.0. The van der Waals surface area contributed by atoms with Gasteiger partial charge in [-0.1, -0.05) is 41.9 Å². The Morgan fingerprint density at radius 2 is 1.82 bits per heavy atom. The molecule has 1 heterocycles. The van der Waals surface area contributed by atoms with E-state index in [-0.39, 0.29) is 23.9 Å². The van der Waals surface area contributed by atoms with E-state index in [1.807, 2.05) is 30.3 Å². The number of halogens is 1. The maximum atomic E-state index is 13.5. The van der Waals surface area contributed by atoms with Crippen LogP contribution in [0.4, 0.5) is 11.4 Å². The first-order valence-electron chi connectivity index (χ1n) is 12.2. The minimum atomic E-state index is -1.06. The number of carbonyl (C=O) groups excluding carboxylic acids is 2. The van der Waals surface area contributed by atoms with Gasteiger partial charge in [-0.15, -0.1) is 0 Å². The fourth-order valence-electron chi connectivity index (χ4n) is 4.44. The molecule has 6 N–H and O–H groups in total. The third kappa shape index (κ3) is 6.64. The lowest BCUT2D eigenvalue weighted by atomic mass is 9.95. The molecule has 3 aromatic carbocycles. The number of benzene rings is 3. The number of carboxylic acids is 1. The summed E-state index contributed by atoms with van der Waals surface area (Å²) >= 11 is 6.26. The summed E-state index contributed by atoms with van der Waals surface area (Å²) in [6.45, 7) is 0.288. The molecule has 10 heteroatoms. The molecule has 3 aromatic rings. The Labute approximate surface area is 230 Å². The smallest absolute Gasteiger partial charge is 0.335 e. The minimum absolute atomic E-state index is 0.107. The van der Waals surface area contributed by atoms with E-state index < -0.39 is 12.0 Å². The number of nitrogens with zero attached hydrogens (tertiary/aromatic N) is 2. The fraction of sp³-hybridized carbons (Fsp3) is 0.138. The molecule has 1 atom stereocenters. The lowest BCUT2D eigenvalue weighted by Crippen LogP contribution is -2.49. The average molecular weight is 546 g/mol. The first-order valence-corrected chi connectivity index (χ1v) is 12.6. The lowest BCUT2D eigenvalue weighted by molar-refractivity contribution is -0.135. The molecule has 1 unspecified atom stereocenters. The summed E-state index contributed by atoms with van der Waals surface area (Å²) in [6, 6.07) is 19.7. The van der Waals surface area contributed by atoms with Crippen LogP contribution in [0, 0.1) is 0 Å². The van der Waals surface area contributed by atoms with Crippen molar-refractivity contribution in [3.8, 4) is 0 Å². The van der Waals surface area contributed by atoms with Crippen LogP contribution in [0.3, 0.4) is 0 Å². The summed E-state index contributed by atoms with van der Waals surface area (Å²) in [6.07, 6.45) is 5.07. The molecule has 39 heavy (non-hydrogen) atoms. The Kier molecular flexibility index (Phi) is 8.65. The van der Waals surface area contributed by atoms with Gasteiger partial charge in [-0.3, -0.25) is 14.6 Å². The summed E-state index contributed by atoms with van der Waals surface area (Å²) in [7, 11) is 0. The van der Waals surface area contributed by atoms with Crippen molar-refractivity contribution in [2.45, 2.75) is 18.9 Å². The molecule has 0 bridgehead atoms. The largest absolute Gasteiger partial charge is 0.478 e. The van der Waals surface area contributed by atoms with E-state index in [1.54, 1.807) is 23.1 Å². The van der Waals surface area contributed by atoms with Gasteiger partial charge in [-0.05, 0) is 60.0 Å². The maximum absolute atomic E-state index is 13.5. The van der Waals surface area contributed by atoms with Gasteiger partial charge in [0.15, 0.2) is 0 Å². The summed E-state index contributed by atoms with van der Waals surface area (Å²) < 4.78 is 0. The highest BCUT2D eigenvalue weighted by atomic mass is 35.5. The molecule has 4 rings (SSSR count). The second-order valence-electron chi connectivity index (χ2n) is 8.94. The van der Waals surface area contributed by atoms with Gasteiger partial charge >= 0.3 is 5.97 Å². The molecule has 1 aliphatic heterocycles. The number of aromatic carboxylic acids is 1. The summed E-state index contributed by atoms with van der Waals surface area (Å²) in [5.74, 6) is 4.35. The van der Waals surface area contributed by atoms with E-state index in [0.29, 0.717) is 34.8 Å². The van der Waals surface area contributed by atoms with Crippen LogP contribution in [0.1, 0.15) is 27.9 Å². The van der Waals surface area contributed by atoms with Crippen molar-refractivity contribution in [3.63, 3.8) is 0 Å². The molecular formula is C29H28ClN5O4. The van der Waals surface area contributed by atoms with Gasteiger partial charge in [0.1, 0.15) is 6.04 Å². The molecule has 0 saturated heterocycles. The van der Waals surface area contributed by atoms with Crippen LogP contribution in [0.25, 0.3) is 5.57 Å². The molecule has 2 amide bonds. The third-order valence-corrected chi connectivity index (χ3v) is 6.62.